The standard InChI is InChI=1S/C20H26ClN3O2S/c1-23(2)18-9-5-16(6-10-18)20(24-13-3-4-14-24)15-22-27(25,26)19-11-7-17(21)8-12-19/h5-12,20,22H,3-4,13-15H2,1-2H3/t20-/m1/s1. The Morgan fingerprint density at radius 2 is 1.63 bits per heavy atom. The normalized spacial score (nSPS) is 16.4. The summed E-state index contributed by atoms with van der Waals surface area (Å²) in [6, 6.07) is 14.6. The minimum Gasteiger partial charge on any atom is -0.378 e. The van der Waals surface area contributed by atoms with E-state index in [-0.39, 0.29) is 10.9 Å². The molecule has 0 radical (unpaired) electrons. The molecule has 0 aliphatic carbocycles. The topological polar surface area (TPSA) is 52.7 Å². The summed E-state index contributed by atoms with van der Waals surface area (Å²) in [6.07, 6.45) is 2.30. The Kier molecular flexibility index (Phi) is 6.42. The van der Waals surface area contributed by atoms with Gasteiger partial charge in [0.15, 0.2) is 0 Å². The molecule has 1 aliphatic heterocycles. The number of anilines is 1. The van der Waals surface area contributed by atoms with Crippen molar-refractivity contribution in [1.82, 2.24) is 9.62 Å². The van der Waals surface area contributed by atoms with E-state index in [2.05, 4.69) is 38.8 Å². The van der Waals surface area contributed by atoms with Gasteiger partial charge in [0, 0.05) is 37.4 Å². The van der Waals surface area contributed by atoms with Crippen LogP contribution in [0, 0.1) is 0 Å². The quantitative estimate of drug-likeness (QED) is 0.762. The molecule has 1 heterocycles. The highest BCUT2D eigenvalue weighted by atomic mass is 35.5. The predicted molar refractivity (Wildman–Crippen MR) is 111 cm³/mol. The van der Waals surface area contributed by atoms with Crippen LogP contribution in [0.3, 0.4) is 0 Å². The summed E-state index contributed by atoms with van der Waals surface area (Å²) in [6.45, 7) is 2.32. The van der Waals surface area contributed by atoms with Crippen LogP contribution in [-0.2, 0) is 10.0 Å². The first-order valence-corrected chi connectivity index (χ1v) is 11.0. The van der Waals surface area contributed by atoms with Gasteiger partial charge in [0.25, 0.3) is 0 Å². The van der Waals surface area contributed by atoms with Crippen LogP contribution in [-0.4, -0.2) is 47.0 Å². The van der Waals surface area contributed by atoms with Crippen molar-refractivity contribution in [3.8, 4) is 0 Å². The van der Waals surface area contributed by atoms with Gasteiger partial charge in [-0.05, 0) is 67.9 Å². The Hall–Kier alpha value is -1.60. The molecule has 0 aromatic heterocycles. The summed E-state index contributed by atoms with van der Waals surface area (Å²) in [4.78, 5) is 4.64. The van der Waals surface area contributed by atoms with Gasteiger partial charge >= 0.3 is 0 Å². The van der Waals surface area contributed by atoms with E-state index in [1.807, 2.05) is 14.1 Å². The van der Waals surface area contributed by atoms with Gasteiger partial charge in [0.2, 0.25) is 10.0 Å². The molecule has 1 fully saturated rings. The monoisotopic (exact) mass is 407 g/mol. The Labute approximate surface area is 167 Å². The van der Waals surface area contributed by atoms with Crippen molar-refractivity contribution >= 4 is 27.3 Å². The van der Waals surface area contributed by atoms with Crippen LogP contribution < -0.4 is 9.62 Å². The molecule has 1 atom stereocenters. The van der Waals surface area contributed by atoms with Crippen molar-refractivity contribution < 1.29 is 8.42 Å². The fraction of sp³-hybridized carbons (Fsp3) is 0.400. The number of nitrogens with zero attached hydrogens (tertiary/aromatic N) is 2. The van der Waals surface area contributed by atoms with Crippen molar-refractivity contribution in [2.75, 3.05) is 38.6 Å². The van der Waals surface area contributed by atoms with Crippen molar-refractivity contribution in [2.24, 2.45) is 0 Å². The lowest BCUT2D eigenvalue weighted by Gasteiger charge is -2.28. The zero-order chi connectivity index (χ0) is 19.4. The van der Waals surface area contributed by atoms with Crippen molar-refractivity contribution in [3.63, 3.8) is 0 Å². The number of sulfonamides is 1. The van der Waals surface area contributed by atoms with E-state index in [9.17, 15) is 8.42 Å². The average Bonchev–Trinajstić information content (AvgIpc) is 3.17. The van der Waals surface area contributed by atoms with Gasteiger partial charge in [-0.25, -0.2) is 13.1 Å². The summed E-state index contributed by atoms with van der Waals surface area (Å²) < 4.78 is 28.1. The molecule has 1 aliphatic rings. The molecular weight excluding hydrogens is 382 g/mol. The molecular formula is C20H26ClN3O2S. The third-order valence-corrected chi connectivity index (χ3v) is 6.66. The van der Waals surface area contributed by atoms with E-state index in [0.717, 1.165) is 37.2 Å². The zero-order valence-electron chi connectivity index (χ0n) is 15.7. The first-order valence-electron chi connectivity index (χ1n) is 9.13. The van der Waals surface area contributed by atoms with Crippen LogP contribution in [0.15, 0.2) is 53.4 Å². The lowest BCUT2D eigenvalue weighted by Crippen LogP contribution is -2.36. The van der Waals surface area contributed by atoms with E-state index in [4.69, 9.17) is 11.6 Å². The van der Waals surface area contributed by atoms with Crippen molar-refractivity contribution in [3.05, 3.63) is 59.1 Å². The highest BCUT2D eigenvalue weighted by molar-refractivity contribution is 7.89. The molecule has 2 aromatic carbocycles. The van der Waals surface area contributed by atoms with E-state index in [1.165, 1.54) is 12.1 Å². The van der Waals surface area contributed by atoms with Crippen LogP contribution in [0.25, 0.3) is 0 Å². The van der Waals surface area contributed by atoms with E-state index in [1.54, 1.807) is 12.1 Å². The second-order valence-electron chi connectivity index (χ2n) is 7.05. The second-order valence-corrected chi connectivity index (χ2v) is 9.25. The van der Waals surface area contributed by atoms with Crippen LogP contribution in [0.2, 0.25) is 5.02 Å². The van der Waals surface area contributed by atoms with Gasteiger partial charge in [-0.3, -0.25) is 4.90 Å². The predicted octanol–water partition coefficient (Wildman–Crippen LogP) is 3.52. The number of nitrogens with one attached hydrogen (secondary N) is 1. The molecule has 7 heteroatoms. The number of rotatable bonds is 7. The first-order chi connectivity index (χ1) is 12.9. The lowest BCUT2D eigenvalue weighted by molar-refractivity contribution is 0.246. The largest absolute Gasteiger partial charge is 0.378 e. The molecule has 0 unspecified atom stereocenters. The number of hydrogen-bond acceptors (Lipinski definition) is 4. The van der Waals surface area contributed by atoms with Crippen LogP contribution in [0.5, 0.6) is 0 Å². The number of halogens is 1. The smallest absolute Gasteiger partial charge is 0.240 e. The highest BCUT2D eigenvalue weighted by Gasteiger charge is 2.25. The van der Waals surface area contributed by atoms with Crippen molar-refractivity contribution in [1.29, 1.82) is 0 Å². The SMILES string of the molecule is CN(C)c1ccc([C@@H](CNS(=O)(=O)c2ccc(Cl)cc2)N2CCCC2)cc1. The van der Waals surface area contributed by atoms with Gasteiger partial charge in [-0.2, -0.15) is 0 Å². The maximum atomic E-state index is 12.7. The molecule has 0 saturated carbocycles. The van der Waals surface area contributed by atoms with Gasteiger partial charge in [-0.1, -0.05) is 23.7 Å². The molecule has 2 aromatic rings. The summed E-state index contributed by atoms with van der Waals surface area (Å²) >= 11 is 5.87. The summed E-state index contributed by atoms with van der Waals surface area (Å²) in [5, 5.41) is 0.518. The van der Waals surface area contributed by atoms with Gasteiger partial charge < -0.3 is 4.90 Å². The minimum absolute atomic E-state index is 0.0192. The third kappa shape index (κ3) is 5.02. The van der Waals surface area contributed by atoms with Crippen molar-refractivity contribution in [2.45, 2.75) is 23.8 Å². The Morgan fingerprint density at radius 3 is 2.19 bits per heavy atom. The summed E-state index contributed by atoms with van der Waals surface area (Å²) in [5.41, 5.74) is 2.25. The average molecular weight is 408 g/mol. The molecule has 3 rings (SSSR count). The second kappa shape index (κ2) is 8.61. The van der Waals surface area contributed by atoms with Crippen LogP contribution in [0.4, 0.5) is 5.69 Å². The molecule has 0 bridgehead atoms. The number of benzene rings is 2. The zero-order valence-corrected chi connectivity index (χ0v) is 17.3. The van der Waals surface area contributed by atoms with Crippen LogP contribution >= 0.6 is 11.6 Å². The highest BCUT2D eigenvalue weighted by Crippen LogP contribution is 2.27. The molecule has 0 amide bonds. The van der Waals surface area contributed by atoms with E-state index in [0.29, 0.717) is 11.6 Å². The molecule has 5 nitrogen and oxygen atoms in total. The maximum absolute atomic E-state index is 12.7. The Morgan fingerprint density at radius 1 is 1.04 bits per heavy atom. The van der Waals surface area contributed by atoms with Gasteiger partial charge in [0.1, 0.15) is 0 Å². The summed E-state index contributed by atoms with van der Waals surface area (Å²) in [7, 11) is 0.440. The molecule has 146 valence electrons. The number of likely N-dealkylation sites (tertiary alicyclic amines) is 1. The van der Waals surface area contributed by atoms with Crippen LogP contribution in [0.1, 0.15) is 24.4 Å². The molecule has 27 heavy (non-hydrogen) atoms. The fourth-order valence-corrected chi connectivity index (χ4v) is 4.56. The molecule has 1 N–H and O–H groups in total. The Balaban J connectivity index is 1.78. The fourth-order valence-electron chi connectivity index (χ4n) is 3.39. The number of hydrogen-bond donors (Lipinski definition) is 1. The van der Waals surface area contributed by atoms with Gasteiger partial charge in [0.05, 0.1) is 4.90 Å². The minimum atomic E-state index is -3.57. The summed E-state index contributed by atoms with van der Waals surface area (Å²) in [5.74, 6) is 0. The maximum Gasteiger partial charge on any atom is 0.240 e. The Bertz CT molecular complexity index is 846. The first kappa shape index (κ1) is 20.1. The molecule has 1 saturated heterocycles. The van der Waals surface area contributed by atoms with E-state index >= 15 is 0 Å². The molecule has 0 spiro atoms. The third-order valence-electron chi connectivity index (χ3n) is 4.97. The van der Waals surface area contributed by atoms with Gasteiger partial charge in [-0.15, -0.1) is 0 Å². The lowest BCUT2D eigenvalue weighted by atomic mass is 10.1. The van der Waals surface area contributed by atoms with E-state index < -0.39 is 10.0 Å².